The lowest BCUT2D eigenvalue weighted by Crippen LogP contribution is -2.46. The summed E-state index contributed by atoms with van der Waals surface area (Å²) in [6, 6.07) is 1.18. The maximum absolute atomic E-state index is 14.2. The number of urea groups is 1. The summed E-state index contributed by atoms with van der Waals surface area (Å²) in [6.07, 6.45) is -7.09. The van der Waals surface area contributed by atoms with Crippen LogP contribution in [-0.4, -0.2) is 61.9 Å². The summed E-state index contributed by atoms with van der Waals surface area (Å²) in [5.74, 6) is 0. The van der Waals surface area contributed by atoms with Gasteiger partial charge in [0, 0.05) is 18.2 Å². The van der Waals surface area contributed by atoms with Crippen LogP contribution >= 0.6 is 11.6 Å². The predicted molar refractivity (Wildman–Crippen MR) is 120 cm³/mol. The van der Waals surface area contributed by atoms with Crippen molar-refractivity contribution in [3.63, 3.8) is 0 Å². The van der Waals surface area contributed by atoms with E-state index < -0.39 is 42.4 Å². The third-order valence-corrected chi connectivity index (χ3v) is 6.37. The largest absolute Gasteiger partial charge is 0.401 e. The van der Waals surface area contributed by atoms with Gasteiger partial charge in [0.25, 0.3) is 6.43 Å². The molecule has 2 atom stereocenters. The van der Waals surface area contributed by atoms with Crippen molar-refractivity contribution in [1.29, 1.82) is 0 Å². The van der Waals surface area contributed by atoms with Gasteiger partial charge in [-0.3, -0.25) is 14.8 Å². The maximum Gasteiger partial charge on any atom is 0.401 e. The van der Waals surface area contributed by atoms with E-state index in [-0.39, 0.29) is 33.6 Å². The van der Waals surface area contributed by atoms with Gasteiger partial charge in [-0.2, -0.15) is 18.3 Å². The van der Waals surface area contributed by atoms with Crippen LogP contribution < -0.4 is 10.2 Å². The minimum absolute atomic E-state index is 0.0634. The Morgan fingerprint density at radius 2 is 2.00 bits per heavy atom. The smallest absolute Gasteiger partial charge is 0.372 e. The zero-order valence-electron chi connectivity index (χ0n) is 19.2. The minimum Gasteiger partial charge on any atom is -0.372 e. The van der Waals surface area contributed by atoms with Crippen molar-refractivity contribution in [2.24, 2.45) is 0 Å². The van der Waals surface area contributed by atoms with E-state index in [0.29, 0.717) is 6.54 Å². The van der Waals surface area contributed by atoms with E-state index in [1.807, 2.05) is 0 Å². The molecule has 0 fully saturated rings. The Hall–Kier alpha value is -3.10. The third kappa shape index (κ3) is 4.22. The van der Waals surface area contributed by atoms with E-state index in [1.165, 1.54) is 18.0 Å². The van der Waals surface area contributed by atoms with Gasteiger partial charge in [-0.15, -0.1) is 0 Å². The highest BCUT2D eigenvalue weighted by atomic mass is 35.5. The second-order valence-corrected chi connectivity index (χ2v) is 8.91. The minimum atomic E-state index is -4.78. The fourth-order valence-corrected chi connectivity index (χ4v) is 4.19. The van der Waals surface area contributed by atoms with Crippen LogP contribution in [0.5, 0.6) is 0 Å². The number of halogens is 6. The highest BCUT2D eigenvalue weighted by molar-refractivity contribution is 6.29. The molecule has 1 aliphatic heterocycles. The molecule has 194 valence electrons. The Morgan fingerprint density at radius 1 is 1.31 bits per heavy atom. The van der Waals surface area contributed by atoms with Gasteiger partial charge in [-0.25, -0.2) is 23.1 Å². The highest BCUT2D eigenvalue weighted by Gasteiger charge is 2.60. The van der Waals surface area contributed by atoms with Crippen LogP contribution in [0.25, 0.3) is 5.65 Å². The molecule has 2 amide bonds. The number of nitrogens with zero attached hydrogens (tertiary/aromatic N) is 6. The molecular weight excluding hydrogens is 513 g/mol. The molecule has 3 aromatic rings. The Kier molecular flexibility index (Phi) is 6.56. The van der Waals surface area contributed by atoms with Crippen LogP contribution in [0.1, 0.15) is 43.5 Å². The van der Waals surface area contributed by atoms with Crippen molar-refractivity contribution in [2.45, 2.75) is 38.1 Å². The molecule has 2 N–H and O–H groups in total. The van der Waals surface area contributed by atoms with E-state index in [4.69, 9.17) is 11.6 Å². The topological polar surface area (TPSA) is 98.9 Å². The van der Waals surface area contributed by atoms with Crippen LogP contribution in [0.3, 0.4) is 0 Å². The number of hydrogen-bond donors (Lipinski definition) is 2. The number of aliphatic hydroxyl groups is 1. The van der Waals surface area contributed by atoms with Crippen molar-refractivity contribution in [1.82, 2.24) is 24.5 Å². The fourth-order valence-electron chi connectivity index (χ4n) is 4.02. The van der Waals surface area contributed by atoms with Gasteiger partial charge in [0.2, 0.25) is 0 Å². The fraction of sp³-hybridized carbons (Fsp3) is 0.429. The second kappa shape index (κ2) is 9.09. The monoisotopic (exact) mass is 533 g/mol. The summed E-state index contributed by atoms with van der Waals surface area (Å²) in [5, 5.41) is 16.4. The number of alkyl halides is 5. The summed E-state index contributed by atoms with van der Waals surface area (Å²) in [5.41, 5.74) is -4.09. The number of rotatable bonds is 5. The van der Waals surface area contributed by atoms with Crippen LogP contribution in [0.15, 0.2) is 24.5 Å². The number of pyridine rings is 1. The summed E-state index contributed by atoms with van der Waals surface area (Å²) in [7, 11) is 1.51. The molecule has 0 radical (unpaired) electrons. The molecule has 0 saturated carbocycles. The van der Waals surface area contributed by atoms with Gasteiger partial charge >= 0.3 is 12.2 Å². The van der Waals surface area contributed by atoms with Crippen LogP contribution in [-0.2, 0) is 5.41 Å². The molecule has 0 saturated heterocycles. The molecule has 0 spiro atoms. The zero-order chi connectivity index (χ0) is 26.6. The average Bonchev–Trinajstić information content (AvgIpc) is 3.34. The molecule has 4 heterocycles. The van der Waals surface area contributed by atoms with Gasteiger partial charge in [0.1, 0.15) is 5.41 Å². The van der Waals surface area contributed by atoms with Gasteiger partial charge in [0.05, 0.1) is 35.2 Å². The quantitative estimate of drug-likeness (QED) is 0.369. The summed E-state index contributed by atoms with van der Waals surface area (Å²) >= 11 is 5.87. The van der Waals surface area contributed by atoms with E-state index in [2.05, 4.69) is 20.4 Å². The third-order valence-electron chi connectivity index (χ3n) is 6.19. The lowest BCUT2D eigenvalue weighted by atomic mass is 9.88. The Morgan fingerprint density at radius 3 is 2.61 bits per heavy atom. The first-order valence-corrected chi connectivity index (χ1v) is 11.0. The number of aromatic nitrogens is 4. The van der Waals surface area contributed by atoms with Crippen LogP contribution in [0.2, 0.25) is 5.15 Å². The predicted octanol–water partition coefficient (Wildman–Crippen LogP) is 4.53. The summed E-state index contributed by atoms with van der Waals surface area (Å²) in [6.45, 7) is 2.16. The molecule has 36 heavy (non-hydrogen) atoms. The maximum atomic E-state index is 14.2. The highest BCUT2D eigenvalue weighted by Crippen LogP contribution is 2.50. The molecular formula is C21H21ClF5N7O2. The zero-order valence-corrected chi connectivity index (χ0v) is 19.9. The summed E-state index contributed by atoms with van der Waals surface area (Å²) in [4.78, 5) is 23.2. The van der Waals surface area contributed by atoms with Crippen LogP contribution in [0.4, 0.5) is 38.1 Å². The van der Waals surface area contributed by atoms with Crippen molar-refractivity contribution in [3.8, 4) is 0 Å². The van der Waals surface area contributed by atoms with E-state index in [9.17, 15) is 31.9 Å². The molecule has 1 aliphatic rings. The van der Waals surface area contributed by atoms with Crippen LogP contribution in [0, 0.1) is 0 Å². The van der Waals surface area contributed by atoms with Gasteiger partial charge < -0.3 is 10.4 Å². The normalized spacial score (nSPS) is 18.8. The number of amides is 2. The standard InChI is InChI=1S/C21H21ClF5N7O2/c1-4-32(3)18(35)15-11(17(23)24)5-10(7-29-15)30-19(36)33-9-20(2,21(25,26)27)16-12(33)8-28-14-6-13(22)31-34(14)16/h5-8,17-18,35H,4,9H2,1-3H3,(H,30,36)/t18?,20-/m1/s1. The number of aliphatic hydroxyl groups excluding tert-OH is 1. The summed E-state index contributed by atoms with van der Waals surface area (Å²) < 4.78 is 71.0. The van der Waals surface area contributed by atoms with Crippen molar-refractivity contribution >= 4 is 34.7 Å². The van der Waals surface area contributed by atoms with Gasteiger partial charge in [-0.1, -0.05) is 18.5 Å². The number of fused-ring (bicyclic) bond motifs is 3. The molecule has 9 nitrogen and oxygen atoms in total. The number of carbonyl (C=O) groups excluding carboxylic acids is 1. The first-order valence-electron chi connectivity index (χ1n) is 10.6. The molecule has 3 aromatic heterocycles. The Balaban J connectivity index is 1.71. The van der Waals surface area contributed by atoms with Gasteiger partial charge in [0.15, 0.2) is 17.0 Å². The van der Waals surface area contributed by atoms with Crippen molar-refractivity contribution in [3.05, 3.63) is 46.6 Å². The molecule has 0 aliphatic carbocycles. The number of anilines is 2. The lowest BCUT2D eigenvalue weighted by Gasteiger charge is -2.28. The lowest BCUT2D eigenvalue weighted by molar-refractivity contribution is -0.181. The number of hydrogen-bond acceptors (Lipinski definition) is 6. The first kappa shape index (κ1) is 26.0. The molecule has 0 bridgehead atoms. The van der Waals surface area contributed by atoms with E-state index in [1.54, 1.807) is 6.92 Å². The second-order valence-electron chi connectivity index (χ2n) is 8.52. The first-order chi connectivity index (χ1) is 16.8. The number of carbonyl (C=O) groups is 1. The average molecular weight is 534 g/mol. The SMILES string of the molecule is CCN(C)C(O)c1ncc(NC(=O)N2C[C@@](C)(C(F)(F)F)c3c2cnc2cc(Cl)nn32)cc1C(F)F. The van der Waals surface area contributed by atoms with E-state index in [0.717, 1.165) is 34.8 Å². The molecule has 4 rings (SSSR count). The van der Waals surface area contributed by atoms with Crippen molar-refractivity contribution in [2.75, 3.05) is 30.4 Å². The van der Waals surface area contributed by atoms with Gasteiger partial charge in [-0.05, 0) is 26.6 Å². The Bertz CT molecular complexity index is 1320. The van der Waals surface area contributed by atoms with Crippen molar-refractivity contribution < 1.29 is 31.9 Å². The molecule has 1 unspecified atom stereocenters. The molecule has 0 aromatic carbocycles. The number of nitrogens with one attached hydrogen (secondary N) is 1. The Labute approximate surface area is 206 Å². The molecule has 15 heteroatoms. The van der Waals surface area contributed by atoms with E-state index >= 15 is 0 Å².